The molecule has 0 saturated carbocycles. The summed E-state index contributed by atoms with van der Waals surface area (Å²) in [6, 6.07) is 5.33. The molecule has 0 spiro atoms. The molecule has 0 saturated heterocycles. The summed E-state index contributed by atoms with van der Waals surface area (Å²) in [5.41, 5.74) is 0.523. The van der Waals surface area contributed by atoms with Crippen LogP contribution in [0.25, 0.3) is 0 Å². The number of hydrogen-bond donors (Lipinski definition) is 1. The molecule has 0 radical (unpaired) electrons. The van der Waals surface area contributed by atoms with E-state index in [4.69, 9.17) is 4.74 Å². The second-order valence-corrected chi connectivity index (χ2v) is 5.20. The number of pyridine rings is 1. The van der Waals surface area contributed by atoms with Crippen LogP contribution in [0.3, 0.4) is 0 Å². The van der Waals surface area contributed by atoms with Gasteiger partial charge in [0.15, 0.2) is 0 Å². The summed E-state index contributed by atoms with van der Waals surface area (Å²) < 4.78 is 33.9. The molecule has 21 heavy (non-hydrogen) atoms. The Morgan fingerprint density at radius 3 is 2.76 bits per heavy atom. The van der Waals surface area contributed by atoms with E-state index in [9.17, 15) is 8.78 Å². The summed E-state index contributed by atoms with van der Waals surface area (Å²) in [5.74, 6) is -0.915. The molecular formula is C15H15BrF2N2O. The minimum Gasteiger partial charge on any atom is -0.481 e. The lowest BCUT2D eigenvalue weighted by molar-refractivity contribution is 0.385. The molecule has 1 atom stereocenters. The second kappa shape index (κ2) is 6.95. The Labute approximate surface area is 130 Å². The van der Waals surface area contributed by atoms with Crippen molar-refractivity contribution in [3.63, 3.8) is 0 Å². The molecule has 2 rings (SSSR count). The van der Waals surface area contributed by atoms with E-state index < -0.39 is 17.7 Å². The van der Waals surface area contributed by atoms with Gasteiger partial charge in [0.05, 0.1) is 17.6 Å². The van der Waals surface area contributed by atoms with E-state index in [2.05, 4.69) is 26.2 Å². The number of ether oxygens (including phenoxy) is 1. The highest BCUT2D eigenvalue weighted by Gasteiger charge is 2.25. The zero-order valence-electron chi connectivity index (χ0n) is 11.7. The second-order valence-electron chi connectivity index (χ2n) is 4.35. The number of hydrogen-bond acceptors (Lipinski definition) is 3. The largest absolute Gasteiger partial charge is 0.481 e. The van der Waals surface area contributed by atoms with E-state index in [-0.39, 0.29) is 10.0 Å². The van der Waals surface area contributed by atoms with Gasteiger partial charge in [-0.2, -0.15) is 0 Å². The number of rotatable bonds is 5. The van der Waals surface area contributed by atoms with E-state index >= 15 is 0 Å². The Balaban J connectivity index is 2.62. The van der Waals surface area contributed by atoms with Crippen LogP contribution in [0.4, 0.5) is 8.78 Å². The van der Waals surface area contributed by atoms with Gasteiger partial charge in [-0.05, 0) is 40.7 Å². The van der Waals surface area contributed by atoms with Crippen molar-refractivity contribution >= 4 is 15.9 Å². The number of aromatic nitrogens is 1. The molecule has 3 nitrogen and oxygen atoms in total. The fourth-order valence-corrected chi connectivity index (χ4v) is 2.52. The Morgan fingerprint density at radius 1 is 1.33 bits per heavy atom. The molecular weight excluding hydrogens is 342 g/mol. The monoisotopic (exact) mass is 356 g/mol. The number of nitrogens with zero attached hydrogens (tertiary/aromatic N) is 1. The highest BCUT2D eigenvalue weighted by Crippen LogP contribution is 2.33. The van der Waals surface area contributed by atoms with Gasteiger partial charge in [0, 0.05) is 17.3 Å². The first-order valence-electron chi connectivity index (χ1n) is 6.45. The lowest BCUT2D eigenvalue weighted by Crippen LogP contribution is -2.25. The molecule has 0 amide bonds. The lowest BCUT2D eigenvalue weighted by Gasteiger charge is -2.21. The van der Waals surface area contributed by atoms with Crippen molar-refractivity contribution in [2.24, 2.45) is 0 Å². The van der Waals surface area contributed by atoms with Crippen molar-refractivity contribution in [1.82, 2.24) is 10.3 Å². The van der Waals surface area contributed by atoms with Crippen LogP contribution < -0.4 is 10.1 Å². The molecule has 6 heteroatoms. The zero-order chi connectivity index (χ0) is 15.4. The molecule has 1 aromatic heterocycles. The predicted molar refractivity (Wildman–Crippen MR) is 80.4 cm³/mol. The maximum absolute atomic E-state index is 14.4. The molecule has 1 heterocycles. The topological polar surface area (TPSA) is 34.2 Å². The third kappa shape index (κ3) is 3.22. The average molecular weight is 357 g/mol. The molecule has 0 aliphatic carbocycles. The van der Waals surface area contributed by atoms with Crippen LogP contribution in [0.1, 0.15) is 24.1 Å². The van der Waals surface area contributed by atoms with E-state index in [0.717, 1.165) is 0 Å². The first-order chi connectivity index (χ1) is 10.1. The molecule has 0 aliphatic heterocycles. The fourth-order valence-electron chi connectivity index (χ4n) is 2.17. The van der Waals surface area contributed by atoms with Gasteiger partial charge in [0.25, 0.3) is 0 Å². The third-order valence-electron chi connectivity index (χ3n) is 3.08. The standard InChI is InChI=1S/C15H15BrF2N2O/c1-3-19-14(9-5-4-8-20-15(9)21-2)12-11(17)7-6-10(16)13(12)18/h4-8,14,19H,3H2,1-2H3. The molecule has 2 aromatic rings. The van der Waals surface area contributed by atoms with Crippen molar-refractivity contribution in [2.75, 3.05) is 13.7 Å². The summed E-state index contributed by atoms with van der Waals surface area (Å²) in [4.78, 5) is 4.09. The van der Waals surface area contributed by atoms with Gasteiger partial charge >= 0.3 is 0 Å². The van der Waals surface area contributed by atoms with Gasteiger partial charge in [-0.15, -0.1) is 0 Å². The van der Waals surface area contributed by atoms with Gasteiger partial charge in [-0.1, -0.05) is 13.0 Å². The van der Waals surface area contributed by atoms with E-state index in [1.807, 2.05) is 6.92 Å². The molecule has 0 aliphatic rings. The zero-order valence-corrected chi connectivity index (χ0v) is 13.2. The Kier molecular flexibility index (Phi) is 5.25. The lowest BCUT2D eigenvalue weighted by atomic mass is 9.98. The predicted octanol–water partition coefficient (Wildman–Crippen LogP) is 3.83. The van der Waals surface area contributed by atoms with Crippen LogP contribution in [0.15, 0.2) is 34.9 Å². The number of nitrogens with one attached hydrogen (secondary N) is 1. The maximum atomic E-state index is 14.4. The number of methoxy groups -OCH3 is 1. The first-order valence-corrected chi connectivity index (χ1v) is 7.25. The van der Waals surface area contributed by atoms with Crippen molar-refractivity contribution in [1.29, 1.82) is 0 Å². The maximum Gasteiger partial charge on any atom is 0.218 e. The number of halogens is 3. The van der Waals surface area contributed by atoms with Crippen molar-refractivity contribution in [2.45, 2.75) is 13.0 Å². The number of benzene rings is 1. The van der Waals surface area contributed by atoms with Gasteiger partial charge in [-0.25, -0.2) is 13.8 Å². The Morgan fingerprint density at radius 2 is 2.10 bits per heavy atom. The van der Waals surface area contributed by atoms with Gasteiger partial charge in [-0.3, -0.25) is 0 Å². The van der Waals surface area contributed by atoms with Crippen LogP contribution in [0.2, 0.25) is 0 Å². The summed E-state index contributed by atoms with van der Waals surface area (Å²) in [6.45, 7) is 2.40. The van der Waals surface area contributed by atoms with Crippen molar-refractivity contribution < 1.29 is 13.5 Å². The van der Waals surface area contributed by atoms with Crippen LogP contribution in [0.5, 0.6) is 5.88 Å². The minimum absolute atomic E-state index is 0.0578. The Bertz CT molecular complexity index is 637. The van der Waals surface area contributed by atoms with Crippen LogP contribution in [-0.2, 0) is 0 Å². The summed E-state index contributed by atoms with van der Waals surface area (Å²) >= 11 is 3.09. The van der Waals surface area contributed by atoms with E-state index in [1.54, 1.807) is 18.3 Å². The van der Waals surface area contributed by atoms with Gasteiger partial charge in [0.1, 0.15) is 11.6 Å². The van der Waals surface area contributed by atoms with Gasteiger partial charge in [0.2, 0.25) is 5.88 Å². The third-order valence-corrected chi connectivity index (χ3v) is 3.69. The van der Waals surface area contributed by atoms with Crippen molar-refractivity contribution in [3.8, 4) is 5.88 Å². The summed E-state index contributed by atoms with van der Waals surface area (Å²) in [5, 5.41) is 3.08. The fraction of sp³-hybridized carbons (Fsp3) is 0.267. The normalized spacial score (nSPS) is 12.2. The van der Waals surface area contributed by atoms with E-state index in [0.29, 0.717) is 18.0 Å². The molecule has 1 N–H and O–H groups in total. The molecule has 112 valence electrons. The van der Waals surface area contributed by atoms with E-state index in [1.165, 1.54) is 19.2 Å². The molecule has 1 unspecified atom stereocenters. The SMILES string of the molecule is CCNC(c1cccnc1OC)c1c(F)ccc(Br)c1F. The summed E-state index contributed by atoms with van der Waals surface area (Å²) in [7, 11) is 1.47. The van der Waals surface area contributed by atoms with Crippen molar-refractivity contribution in [3.05, 3.63) is 57.7 Å². The Hall–Kier alpha value is -1.53. The highest BCUT2D eigenvalue weighted by molar-refractivity contribution is 9.10. The molecule has 1 aromatic carbocycles. The van der Waals surface area contributed by atoms with Crippen LogP contribution >= 0.6 is 15.9 Å². The molecule has 0 bridgehead atoms. The quantitative estimate of drug-likeness (QED) is 0.826. The summed E-state index contributed by atoms with van der Waals surface area (Å²) in [6.07, 6.45) is 1.57. The minimum atomic E-state index is -0.684. The van der Waals surface area contributed by atoms with Crippen LogP contribution in [-0.4, -0.2) is 18.6 Å². The van der Waals surface area contributed by atoms with Crippen LogP contribution in [0, 0.1) is 11.6 Å². The first kappa shape index (κ1) is 15.9. The van der Waals surface area contributed by atoms with Gasteiger partial charge < -0.3 is 10.1 Å². The highest BCUT2D eigenvalue weighted by atomic mass is 79.9. The average Bonchev–Trinajstić information content (AvgIpc) is 2.50. The molecule has 0 fully saturated rings. The smallest absolute Gasteiger partial charge is 0.218 e.